The van der Waals surface area contributed by atoms with Crippen LogP contribution in [0.1, 0.15) is 127 Å². The molecule has 0 amide bonds. The minimum atomic E-state index is -0.912. The molecule has 6 rings (SSSR count). The van der Waals surface area contributed by atoms with Gasteiger partial charge in [-0.15, -0.1) is 0 Å². The van der Waals surface area contributed by atoms with Gasteiger partial charge in [0.1, 0.15) is 18.1 Å². The Morgan fingerprint density at radius 1 is 0.964 bits per heavy atom. The SMILES string of the molecule is C=C(CC(C)(C)C(=O)O)OC1CCC2(C)C3CCC4C5=C(C(C)C)C(=C)CC5(/C(=C/C=O)N(C)N(C)c5ccc(OC)cc5)CC[C@@]4(C)C3(C)CC[C@H]2C1(C)C. The van der Waals surface area contributed by atoms with Gasteiger partial charge in [-0.1, -0.05) is 72.8 Å². The highest BCUT2D eigenvalue weighted by Crippen LogP contribution is 2.78. The van der Waals surface area contributed by atoms with E-state index < -0.39 is 11.4 Å². The molecule has 56 heavy (non-hydrogen) atoms. The molecule has 308 valence electrons. The number of aliphatic carboxylic acids is 1. The summed E-state index contributed by atoms with van der Waals surface area (Å²) in [5.41, 5.74) is 5.48. The number of benzene rings is 1. The maximum atomic E-state index is 12.6. The van der Waals surface area contributed by atoms with Gasteiger partial charge in [-0.25, -0.2) is 0 Å². The summed E-state index contributed by atoms with van der Waals surface area (Å²) in [6, 6.07) is 8.12. The van der Waals surface area contributed by atoms with Gasteiger partial charge < -0.3 is 14.6 Å². The molecule has 0 radical (unpaired) electrons. The standard InChI is InChI=1S/C49H72N2O5/c1-31(2)41-32(3)29-49(39(23-28-52)51(13)50(12)34-15-17-35(55-14)18-16-34)27-26-47(10)36(42(41)49)19-20-38-46(9)24-22-40(56-33(4)30-44(5,6)43(53)54)45(7,8)37(46)21-25-48(38,47)11/h15-18,23,28,31,36-38,40H,3-4,19-22,24-27,29-30H2,1-2,5-14H3,(H,53,54)/b39-23-/t36?,37-,38?,40?,46?,47+,48?,49?/m0/s1. The second-order valence-electron chi connectivity index (χ2n) is 20.8. The molecule has 5 aliphatic carbocycles. The van der Waals surface area contributed by atoms with Gasteiger partial charge >= 0.3 is 5.97 Å². The molecule has 0 bridgehead atoms. The van der Waals surface area contributed by atoms with Gasteiger partial charge in [0, 0.05) is 37.0 Å². The predicted octanol–water partition coefficient (Wildman–Crippen LogP) is 11.4. The molecule has 8 atom stereocenters. The van der Waals surface area contributed by atoms with E-state index >= 15 is 0 Å². The van der Waals surface area contributed by atoms with Crippen LogP contribution in [-0.4, -0.2) is 49.7 Å². The normalized spacial score (nSPS) is 35.2. The Morgan fingerprint density at radius 2 is 1.62 bits per heavy atom. The minimum Gasteiger partial charge on any atom is -0.497 e. The molecule has 6 unspecified atom stereocenters. The Bertz CT molecular complexity index is 1800. The maximum absolute atomic E-state index is 12.6. The third kappa shape index (κ3) is 6.27. The topological polar surface area (TPSA) is 79.3 Å². The van der Waals surface area contributed by atoms with Crippen molar-refractivity contribution in [3.63, 3.8) is 0 Å². The molecular weight excluding hydrogens is 697 g/mol. The third-order valence-electron chi connectivity index (χ3n) is 17.0. The highest BCUT2D eigenvalue weighted by Gasteiger charge is 2.70. The van der Waals surface area contributed by atoms with Gasteiger partial charge in [0.05, 0.1) is 24.0 Å². The summed E-state index contributed by atoms with van der Waals surface area (Å²) in [7, 11) is 5.88. The van der Waals surface area contributed by atoms with E-state index in [0.717, 1.165) is 68.4 Å². The van der Waals surface area contributed by atoms with Crippen LogP contribution in [0.4, 0.5) is 5.69 Å². The molecule has 1 N–H and O–H groups in total. The Labute approximate surface area is 338 Å². The fourth-order valence-corrected chi connectivity index (χ4v) is 13.9. The number of carbonyl (C=O) groups is 2. The number of fused-ring (bicyclic) bond motifs is 7. The molecule has 0 saturated heterocycles. The van der Waals surface area contributed by atoms with Crippen LogP contribution in [0.15, 0.2) is 71.7 Å². The van der Waals surface area contributed by atoms with E-state index in [1.165, 1.54) is 24.0 Å². The van der Waals surface area contributed by atoms with Gasteiger partial charge in [-0.3, -0.25) is 19.6 Å². The van der Waals surface area contributed by atoms with E-state index in [1.54, 1.807) is 26.5 Å². The first kappa shape index (κ1) is 42.1. The van der Waals surface area contributed by atoms with E-state index in [-0.39, 0.29) is 33.2 Å². The summed E-state index contributed by atoms with van der Waals surface area (Å²) in [4.78, 5) is 24.6. The lowest BCUT2D eigenvalue weighted by atomic mass is 9.33. The summed E-state index contributed by atoms with van der Waals surface area (Å²) < 4.78 is 12.1. The molecule has 0 heterocycles. The molecule has 1 aromatic carbocycles. The van der Waals surface area contributed by atoms with Crippen molar-refractivity contribution in [2.45, 2.75) is 133 Å². The lowest BCUT2D eigenvalue weighted by Crippen LogP contribution is -2.66. The van der Waals surface area contributed by atoms with Crippen LogP contribution in [0.5, 0.6) is 5.75 Å². The largest absolute Gasteiger partial charge is 0.497 e. The number of carbonyl (C=O) groups excluding carboxylic acids is 1. The molecule has 4 fully saturated rings. The van der Waals surface area contributed by atoms with E-state index in [4.69, 9.17) is 16.1 Å². The summed E-state index contributed by atoms with van der Waals surface area (Å²) in [5, 5.41) is 14.1. The average Bonchev–Trinajstić information content (AvgIpc) is 3.44. The van der Waals surface area contributed by atoms with E-state index in [1.807, 2.05) is 18.2 Å². The van der Waals surface area contributed by atoms with Crippen molar-refractivity contribution < 1.29 is 24.2 Å². The monoisotopic (exact) mass is 769 g/mol. The highest BCUT2D eigenvalue weighted by atomic mass is 16.5. The second kappa shape index (κ2) is 14.4. The zero-order valence-electron chi connectivity index (χ0n) is 36.8. The van der Waals surface area contributed by atoms with Crippen LogP contribution < -0.4 is 9.75 Å². The third-order valence-corrected chi connectivity index (χ3v) is 17.0. The number of ether oxygens (including phenoxy) is 2. The first-order chi connectivity index (χ1) is 26.1. The predicted molar refractivity (Wildman–Crippen MR) is 227 cm³/mol. The second-order valence-corrected chi connectivity index (χ2v) is 20.8. The number of aldehydes is 1. The fourth-order valence-electron chi connectivity index (χ4n) is 13.9. The Balaban J connectivity index is 1.34. The van der Waals surface area contributed by atoms with Gasteiger partial charge in [0.25, 0.3) is 0 Å². The van der Waals surface area contributed by atoms with Gasteiger partial charge in [0.15, 0.2) is 0 Å². The van der Waals surface area contributed by atoms with Crippen LogP contribution in [0.25, 0.3) is 0 Å². The first-order valence-electron chi connectivity index (χ1n) is 21.3. The smallest absolute Gasteiger partial charge is 0.309 e. The van der Waals surface area contributed by atoms with Crippen LogP contribution in [-0.2, 0) is 14.3 Å². The van der Waals surface area contributed by atoms with Crippen molar-refractivity contribution in [2.75, 3.05) is 26.2 Å². The van der Waals surface area contributed by atoms with E-state index in [0.29, 0.717) is 35.9 Å². The van der Waals surface area contributed by atoms with Crippen molar-refractivity contribution in [2.24, 2.45) is 56.2 Å². The molecule has 7 nitrogen and oxygen atoms in total. The Morgan fingerprint density at radius 3 is 2.21 bits per heavy atom. The fraction of sp³-hybridized carbons (Fsp3) is 0.673. The van der Waals surface area contributed by atoms with Gasteiger partial charge in [-0.05, 0) is 147 Å². The lowest BCUT2D eigenvalue weighted by Gasteiger charge is -2.72. The lowest BCUT2D eigenvalue weighted by molar-refractivity contribution is -0.230. The summed E-state index contributed by atoms with van der Waals surface area (Å²) in [5.74, 6) is 2.41. The Hall–Kier alpha value is -3.48. The molecule has 5 aliphatic rings. The summed E-state index contributed by atoms with van der Waals surface area (Å²) in [6.45, 7) is 29.9. The van der Waals surface area contributed by atoms with Crippen molar-refractivity contribution in [3.8, 4) is 5.75 Å². The van der Waals surface area contributed by atoms with Crippen molar-refractivity contribution >= 4 is 17.9 Å². The van der Waals surface area contributed by atoms with E-state index in [2.05, 4.69) is 91.3 Å². The quantitative estimate of drug-likeness (QED) is 0.0981. The number of hydrogen-bond acceptors (Lipinski definition) is 6. The first-order valence-corrected chi connectivity index (χ1v) is 21.3. The highest BCUT2D eigenvalue weighted by molar-refractivity contribution is 5.74. The number of hydrazine groups is 1. The van der Waals surface area contributed by atoms with E-state index in [9.17, 15) is 14.7 Å². The van der Waals surface area contributed by atoms with Gasteiger partial charge in [-0.2, -0.15) is 0 Å². The van der Waals surface area contributed by atoms with Crippen LogP contribution in [0.2, 0.25) is 0 Å². The molecular formula is C49H72N2O5. The van der Waals surface area contributed by atoms with Crippen molar-refractivity contribution in [3.05, 3.63) is 71.7 Å². The molecule has 4 saturated carbocycles. The zero-order valence-corrected chi connectivity index (χ0v) is 36.8. The number of carboxylic acids is 1. The zero-order chi connectivity index (χ0) is 41.4. The van der Waals surface area contributed by atoms with Crippen LogP contribution in [0, 0.1) is 56.2 Å². The Kier molecular flexibility index (Phi) is 10.8. The van der Waals surface area contributed by atoms with Crippen LogP contribution >= 0.6 is 0 Å². The molecule has 0 aromatic heterocycles. The number of anilines is 1. The number of methoxy groups -OCH3 is 1. The van der Waals surface area contributed by atoms with Crippen LogP contribution in [0.3, 0.4) is 0 Å². The maximum Gasteiger partial charge on any atom is 0.309 e. The van der Waals surface area contributed by atoms with Crippen molar-refractivity contribution in [1.82, 2.24) is 5.01 Å². The molecule has 7 heteroatoms. The van der Waals surface area contributed by atoms with Gasteiger partial charge in [0.2, 0.25) is 0 Å². The average molecular weight is 769 g/mol. The number of nitrogens with zero attached hydrogens (tertiary/aromatic N) is 2. The summed E-state index contributed by atoms with van der Waals surface area (Å²) >= 11 is 0. The number of hydrogen-bond donors (Lipinski definition) is 1. The molecule has 1 aromatic rings. The number of rotatable bonds is 12. The number of allylic oxidation sites excluding steroid dienone is 5. The minimum absolute atomic E-state index is 0.0172. The summed E-state index contributed by atoms with van der Waals surface area (Å²) in [6.07, 6.45) is 12.9. The molecule has 0 aliphatic heterocycles. The molecule has 0 spiro atoms. The van der Waals surface area contributed by atoms with Crippen molar-refractivity contribution in [1.29, 1.82) is 0 Å². The number of carboxylic acid groups (broad SMARTS) is 1.